The third kappa shape index (κ3) is 4.50. The number of imidazole rings is 1. The summed E-state index contributed by atoms with van der Waals surface area (Å²) in [5.74, 6) is 0.826. The average Bonchev–Trinajstić information content (AvgIpc) is 3.42. The number of fused-ring (bicyclic) bond motifs is 1. The molecular weight excluding hydrogens is 430 g/mol. The standard InChI is InChI=1S/C26H29ClF2N2O/c27-19-10-11-23(25(13-19)32-16-18-8-4-5-9-18)31-24-15-21(29)20(28)14-22(24)30-26(31)12-17-6-2-1-3-7-17/h10-11,13-15,17-18H,1-9,12,16H2. The molecule has 0 radical (unpaired) electrons. The molecule has 32 heavy (non-hydrogen) atoms. The predicted octanol–water partition coefficient (Wildman–Crippen LogP) is 7.65. The summed E-state index contributed by atoms with van der Waals surface area (Å²) in [5.41, 5.74) is 1.81. The lowest BCUT2D eigenvalue weighted by atomic mass is 9.87. The molecule has 1 heterocycles. The van der Waals surface area contributed by atoms with E-state index >= 15 is 0 Å². The van der Waals surface area contributed by atoms with E-state index in [9.17, 15) is 8.78 Å². The summed E-state index contributed by atoms with van der Waals surface area (Å²) in [6.07, 6.45) is 11.7. The van der Waals surface area contributed by atoms with Gasteiger partial charge in [-0.25, -0.2) is 13.8 Å². The molecule has 1 aromatic heterocycles. The second-order valence-corrected chi connectivity index (χ2v) is 9.84. The highest BCUT2D eigenvalue weighted by Gasteiger charge is 2.23. The fraction of sp³-hybridized carbons (Fsp3) is 0.500. The SMILES string of the molecule is Fc1cc2nc(CC3CCCCC3)n(-c3ccc(Cl)cc3OCC3CCCC3)c2cc1F. The van der Waals surface area contributed by atoms with Crippen LogP contribution >= 0.6 is 11.6 Å². The lowest BCUT2D eigenvalue weighted by molar-refractivity contribution is 0.251. The average molecular weight is 459 g/mol. The van der Waals surface area contributed by atoms with Gasteiger partial charge >= 0.3 is 0 Å². The van der Waals surface area contributed by atoms with Gasteiger partial charge in [0.05, 0.1) is 23.3 Å². The highest BCUT2D eigenvalue weighted by molar-refractivity contribution is 6.30. The molecule has 0 unspecified atom stereocenters. The Kier molecular flexibility index (Phi) is 6.36. The Morgan fingerprint density at radius 3 is 2.38 bits per heavy atom. The normalized spacial score (nSPS) is 18.0. The lowest BCUT2D eigenvalue weighted by Gasteiger charge is -2.22. The molecule has 2 aromatic carbocycles. The van der Waals surface area contributed by atoms with E-state index in [1.807, 2.05) is 22.8 Å². The second kappa shape index (κ2) is 9.38. The van der Waals surface area contributed by atoms with E-state index in [1.165, 1.54) is 57.1 Å². The third-order valence-electron chi connectivity index (χ3n) is 7.07. The van der Waals surface area contributed by atoms with Crippen molar-refractivity contribution in [2.24, 2.45) is 11.8 Å². The van der Waals surface area contributed by atoms with Crippen LogP contribution in [-0.4, -0.2) is 16.2 Å². The number of rotatable bonds is 6. The van der Waals surface area contributed by atoms with Gasteiger partial charge in [0, 0.05) is 29.6 Å². The van der Waals surface area contributed by atoms with E-state index in [0.29, 0.717) is 40.2 Å². The van der Waals surface area contributed by atoms with Gasteiger partial charge in [0.1, 0.15) is 11.6 Å². The van der Waals surface area contributed by atoms with Gasteiger partial charge in [-0.3, -0.25) is 4.57 Å². The maximum Gasteiger partial charge on any atom is 0.161 e. The maximum atomic E-state index is 14.3. The molecule has 0 amide bonds. The number of benzene rings is 2. The van der Waals surface area contributed by atoms with Gasteiger partial charge in [0.2, 0.25) is 0 Å². The van der Waals surface area contributed by atoms with Crippen LogP contribution in [0.3, 0.4) is 0 Å². The topological polar surface area (TPSA) is 27.1 Å². The van der Waals surface area contributed by atoms with Crippen molar-refractivity contribution in [1.29, 1.82) is 0 Å². The van der Waals surface area contributed by atoms with E-state index in [0.717, 1.165) is 30.8 Å². The quantitative estimate of drug-likeness (QED) is 0.379. The summed E-state index contributed by atoms with van der Waals surface area (Å²) in [4.78, 5) is 4.75. The maximum absolute atomic E-state index is 14.3. The largest absolute Gasteiger partial charge is 0.491 e. The van der Waals surface area contributed by atoms with Gasteiger partial charge < -0.3 is 4.74 Å². The first-order chi connectivity index (χ1) is 15.6. The van der Waals surface area contributed by atoms with E-state index < -0.39 is 11.6 Å². The van der Waals surface area contributed by atoms with Crippen molar-refractivity contribution < 1.29 is 13.5 Å². The van der Waals surface area contributed by atoms with Crippen LogP contribution in [0.2, 0.25) is 5.02 Å². The molecule has 2 aliphatic carbocycles. The van der Waals surface area contributed by atoms with Crippen molar-refractivity contribution in [2.75, 3.05) is 6.61 Å². The number of halogens is 3. The molecule has 3 nitrogen and oxygen atoms in total. The molecular formula is C26H29ClF2N2O. The minimum absolute atomic E-state index is 0.464. The fourth-order valence-corrected chi connectivity index (χ4v) is 5.51. The van der Waals surface area contributed by atoms with Crippen LogP contribution in [0.25, 0.3) is 16.7 Å². The minimum atomic E-state index is -0.875. The molecule has 2 aliphatic rings. The number of nitrogens with zero attached hydrogens (tertiary/aromatic N) is 2. The highest BCUT2D eigenvalue weighted by atomic mass is 35.5. The molecule has 0 bridgehead atoms. The van der Waals surface area contributed by atoms with Crippen molar-refractivity contribution in [2.45, 2.75) is 64.2 Å². The minimum Gasteiger partial charge on any atom is -0.491 e. The molecule has 2 saturated carbocycles. The van der Waals surface area contributed by atoms with Crippen LogP contribution in [-0.2, 0) is 6.42 Å². The Labute approximate surface area is 192 Å². The zero-order valence-corrected chi connectivity index (χ0v) is 19.0. The zero-order valence-electron chi connectivity index (χ0n) is 18.3. The molecule has 6 heteroatoms. The van der Waals surface area contributed by atoms with Crippen LogP contribution in [0.1, 0.15) is 63.6 Å². The fourth-order valence-electron chi connectivity index (χ4n) is 5.35. The zero-order chi connectivity index (χ0) is 22.1. The lowest BCUT2D eigenvalue weighted by Crippen LogP contribution is -2.14. The number of aromatic nitrogens is 2. The summed E-state index contributed by atoms with van der Waals surface area (Å²) in [6, 6.07) is 7.98. The molecule has 0 aliphatic heterocycles. The van der Waals surface area contributed by atoms with Crippen LogP contribution < -0.4 is 4.74 Å². The van der Waals surface area contributed by atoms with E-state index in [4.69, 9.17) is 21.3 Å². The Bertz CT molecular complexity index is 1100. The molecule has 2 fully saturated rings. The Balaban J connectivity index is 1.58. The van der Waals surface area contributed by atoms with Crippen LogP contribution in [0.5, 0.6) is 5.75 Å². The summed E-state index contributed by atoms with van der Waals surface area (Å²) >= 11 is 6.32. The van der Waals surface area contributed by atoms with Crippen LogP contribution in [0.4, 0.5) is 8.78 Å². The van der Waals surface area contributed by atoms with Gasteiger partial charge in [-0.2, -0.15) is 0 Å². The number of hydrogen-bond donors (Lipinski definition) is 0. The monoisotopic (exact) mass is 458 g/mol. The first-order valence-corrected chi connectivity index (χ1v) is 12.3. The molecule has 170 valence electrons. The molecule has 0 atom stereocenters. The first-order valence-electron chi connectivity index (χ1n) is 11.9. The van der Waals surface area contributed by atoms with Crippen molar-refractivity contribution in [3.63, 3.8) is 0 Å². The van der Waals surface area contributed by atoms with Gasteiger partial charge in [-0.05, 0) is 36.8 Å². The summed E-state index contributed by atoms with van der Waals surface area (Å²) < 4.78 is 36.5. The van der Waals surface area contributed by atoms with Crippen LogP contribution in [0, 0.1) is 23.5 Å². The second-order valence-electron chi connectivity index (χ2n) is 9.40. The van der Waals surface area contributed by atoms with Gasteiger partial charge in [0.15, 0.2) is 11.6 Å². The van der Waals surface area contributed by atoms with Crippen molar-refractivity contribution in [1.82, 2.24) is 9.55 Å². The van der Waals surface area contributed by atoms with Crippen LogP contribution in [0.15, 0.2) is 30.3 Å². The predicted molar refractivity (Wildman–Crippen MR) is 124 cm³/mol. The smallest absolute Gasteiger partial charge is 0.161 e. The Morgan fingerprint density at radius 1 is 0.906 bits per heavy atom. The summed E-state index contributed by atoms with van der Waals surface area (Å²) in [6.45, 7) is 0.640. The third-order valence-corrected chi connectivity index (χ3v) is 7.31. The van der Waals surface area contributed by atoms with Crippen molar-refractivity contribution >= 4 is 22.6 Å². The molecule has 5 rings (SSSR count). The molecule has 0 N–H and O–H groups in total. The molecule has 0 spiro atoms. The van der Waals surface area contributed by atoms with Gasteiger partial charge in [0.25, 0.3) is 0 Å². The van der Waals surface area contributed by atoms with E-state index in [-0.39, 0.29) is 0 Å². The van der Waals surface area contributed by atoms with E-state index in [2.05, 4.69) is 0 Å². The summed E-state index contributed by atoms with van der Waals surface area (Å²) in [7, 11) is 0. The summed E-state index contributed by atoms with van der Waals surface area (Å²) in [5, 5.41) is 0.589. The van der Waals surface area contributed by atoms with Crippen molar-refractivity contribution in [3.8, 4) is 11.4 Å². The number of ether oxygens (including phenoxy) is 1. The highest BCUT2D eigenvalue weighted by Crippen LogP contribution is 2.35. The van der Waals surface area contributed by atoms with E-state index in [1.54, 1.807) is 0 Å². The van der Waals surface area contributed by atoms with Crippen molar-refractivity contribution in [3.05, 3.63) is 52.8 Å². The van der Waals surface area contributed by atoms with Gasteiger partial charge in [-0.1, -0.05) is 56.5 Å². The Hall–Kier alpha value is -2.14. The number of hydrogen-bond acceptors (Lipinski definition) is 2. The van der Waals surface area contributed by atoms with Gasteiger partial charge in [-0.15, -0.1) is 0 Å². The first kappa shape index (κ1) is 21.7. The molecule has 0 saturated heterocycles. The molecule has 3 aromatic rings. The Morgan fingerprint density at radius 2 is 1.59 bits per heavy atom.